The molecule has 0 atom stereocenters. The zero-order valence-electron chi connectivity index (χ0n) is 14.3. The molecule has 0 spiro atoms. The first-order chi connectivity index (χ1) is 12.2. The van der Waals surface area contributed by atoms with Crippen LogP contribution in [0.4, 0.5) is 5.82 Å². The van der Waals surface area contributed by atoms with E-state index in [4.69, 9.17) is 5.26 Å². The van der Waals surface area contributed by atoms with Crippen molar-refractivity contribution >= 4 is 5.82 Å². The van der Waals surface area contributed by atoms with Crippen molar-refractivity contribution in [1.29, 1.82) is 5.26 Å². The Balaban J connectivity index is 1.66. The van der Waals surface area contributed by atoms with Crippen LogP contribution in [0.25, 0.3) is 11.3 Å². The van der Waals surface area contributed by atoms with E-state index in [0.717, 1.165) is 34.2 Å². The molecule has 0 saturated carbocycles. The number of nitriles is 1. The lowest BCUT2D eigenvalue weighted by Gasteiger charge is -2.09. The van der Waals surface area contributed by atoms with E-state index in [0.29, 0.717) is 18.5 Å². The average molecular weight is 329 g/mol. The summed E-state index contributed by atoms with van der Waals surface area (Å²) in [7, 11) is 0. The highest BCUT2D eigenvalue weighted by molar-refractivity contribution is 5.58. The molecule has 1 N–H and O–H groups in total. The number of nitrogens with zero attached hydrogens (tertiary/aromatic N) is 4. The Morgan fingerprint density at radius 1 is 1.08 bits per heavy atom. The molecule has 25 heavy (non-hydrogen) atoms. The molecule has 0 radical (unpaired) electrons. The van der Waals surface area contributed by atoms with Gasteiger partial charge in [0.1, 0.15) is 17.7 Å². The molecule has 0 fully saturated rings. The van der Waals surface area contributed by atoms with E-state index in [-0.39, 0.29) is 0 Å². The van der Waals surface area contributed by atoms with Gasteiger partial charge in [0.05, 0.1) is 17.0 Å². The predicted octanol–water partition coefficient (Wildman–Crippen LogP) is 3.68. The van der Waals surface area contributed by atoms with E-state index in [1.165, 1.54) is 0 Å². The number of aromatic nitrogens is 3. The van der Waals surface area contributed by atoms with Crippen molar-refractivity contribution in [2.45, 2.75) is 20.3 Å². The van der Waals surface area contributed by atoms with Crippen LogP contribution >= 0.6 is 0 Å². The minimum Gasteiger partial charge on any atom is -0.370 e. The topological polar surface area (TPSA) is 74.5 Å². The lowest BCUT2D eigenvalue weighted by Crippen LogP contribution is -2.10. The molecule has 2 aromatic heterocycles. The third-order valence-electron chi connectivity index (χ3n) is 3.94. The summed E-state index contributed by atoms with van der Waals surface area (Å²) in [6, 6.07) is 16.1. The molecule has 1 aromatic carbocycles. The number of pyridine rings is 1. The maximum absolute atomic E-state index is 9.11. The maximum atomic E-state index is 9.11. The molecule has 0 unspecified atom stereocenters. The standard InChI is InChI=1S/C20H19N5/c1-14-12-20(24-15(2)17(14)13-21)23-11-9-19-22-10-8-18(25-19)16-6-4-3-5-7-16/h3-8,10,12H,9,11H2,1-2H3,(H,23,24). The molecule has 0 aliphatic carbocycles. The Morgan fingerprint density at radius 3 is 2.60 bits per heavy atom. The van der Waals surface area contributed by atoms with E-state index in [2.05, 4.69) is 26.3 Å². The van der Waals surface area contributed by atoms with Crippen molar-refractivity contribution in [2.24, 2.45) is 0 Å². The van der Waals surface area contributed by atoms with E-state index in [1.54, 1.807) is 6.20 Å². The fourth-order valence-electron chi connectivity index (χ4n) is 2.68. The number of hydrogen-bond acceptors (Lipinski definition) is 5. The third kappa shape index (κ3) is 3.99. The molecule has 0 bridgehead atoms. The van der Waals surface area contributed by atoms with Gasteiger partial charge in [0.25, 0.3) is 0 Å². The summed E-state index contributed by atoms with van der Waals surface area (Å²) in [4.78, 5) is 13.4. The van der Waals surface area contributed by atoms with Crippen molar-refractivity contribution in [1.82, 2.24) is 15.0 Å². The lowest BCUT2D eigenvalue weighted by atomic mass is 10.1. The number of nitrogens with one attached hydrogen (secondary N) is 1. The van der Waals surface area contributed by atoms with Gasteiger partial charge in [0, 0.05) is 24.7 Å². The second-order valence-corrected chi connectivity index (χ2v) is 5.80. The Kier molecular flexibility index (Phi) is 5.00. The summed E-state index contributed by atoms with van der Waals surface area (Å²) in [6.45, 7) is 4.45. The lowest BCUT2D eigenvalue weighted by molar-refractivity contribution is 0.891. The van der Waals surface area contributed by atoms with Gasteiger partial charge in [-0.1, -0.05) is 30.3 Å². The third-order valence-corrected chi connectivity index (χ3v) is 3.94. The molecular weight excluding hydrogens is 310 g/mol. The Labute approximate surface area is 147 Å². The number of rotatable bonds is 5. The summed E-state index contributed by atoms with van der Waals surface area (Å²) in [5.41, 5.74) is 4.32. The van der Waals surface area contributed by atoms with Crippen molar-refractivity contribution in [2.75, 3.05) is 11.9 Å². The van der Waals surface area contributed by atoms with Crippen LogP contribution in [-0.4, -0.2) is 21.5 Å². The second kappa shape index (κ2) is 7.54. The fraction of sp³-hybridized carbons (Fsp3) is 0.200. The summed E-state index contributed by atoms with van der Waals surface area (Å²) in [5, 5.41) is 12.4. The van der Waals surface area contributed by atoms with Crippen LogP contribution in [0.5, 0.6) is 0 Å². The van der Waals surface area contributed by atoms with Gasteiger partial charge < -0.3 is 5.32 Å². The molecule has 3 rings (SSSR count). The molecule has 0 saturated heterocycles. The summed E-state index contributed by atoms with van der Waals surface area (Å²) >= 11 is 0. The Morgan fingerprint density at radius 2 is 1.88 bits per heavy atom. The number of benzene rings is 1. The summed E-state index contributed by atoms with van der Waals surface area (Å²) in [5.74, 6) is 1.56. The van der Waals surface area contributed by atoms with Crippen LogP contribution in [-0.2, 0) is 6.42 Å². The van der Waals surface area contributed by atoms with Crippen LogP contribution in [0.2, 0.25) is 0 Å². The van der Waals surface area contributed by atoms with E-state index < -0.39 is 0 Å². The summed E-state index contributed by atoms with van der Waals surface area (Å²) in [6.07, 6.45) is 2.49. The highest BCUT2D eigenvalue weighted by Gasteiger charge is 2.06. The minimum atomic E-state index is 0.643. The van der Waals surface area contributed by atoms with Crippen molar-refractivity contribution in [3.05, 3.63) is 71.3 Å². The van der Waals surface area contributed by atoms with Gasteiger partial charge in [0.2, 0.25) is 0 Å². The van der Waals surface area contributed by atoms with Gasteiger partial charge >= 0.3 is 0 Å². The first kappa shape index (κ1) is 16.6. The quantitative estimate of drug-likeness (QED) is 0.773. The van der Waals surface area contributed by atoms with E-state index in [9.17, 15) is 0 Å². The average Bonchev–Trinajstić information content (AvgIpc) is 2.63. The van der Waals surface area contributed by atoms with Crippen LogP contribution in [0.3, 0.4) is 0 Å². The van der Waals surface area contributed by atoms with Gasteiger partial charge in [-0.05, 0) is 31.5 Å². The SMILES string of the molecule is Cc1cc(NCCc2nccc(-c3ccccc3)n2)nc(C)c1C#N. The van der Waals surface area contributed by atoms with Gasteiger partial charge in [-0.25, -0.2) is 15.0 Å². The zero-order valence-corrected chi connectivity index (χ0v) is 14.3. The van der Waals surface area contributed by atoms with Gasteiger partial charge in [-0.15, -0.1) is 0 Å². The van der Waals surface area contributed by atoms with E-state index >= 15 is 0 Å². The van der Waals surface area contributed by atoms with Gasteiger partial charge in [-0.2, -0.15) is 5.26 Å². The Bertz CT molecular complexity index is 890. The maximum Gasteiger partial charge on any atom is 0.130 e. The molecular formula is C20H19N5. The smallest absolute Gasteiger partial charge is 0.130 e. The molecule has 0 aliphatic rings. The van der Waals surface area contributed by atoms with Crippen LogP contribution in [0.1, 0.15) is 22.6 Å². The van der Waals surface area contributed by atoms with Crippen LogP contribution < -0.4 is 5.32 Å². The normalized spacial score (nSPS) is 10.3. The molecule has 124 valence electrons. The molecule has 5 heteroatoms. The predicted molar refractivity (Wildman–Crippen MR) is 98.1 cm³/mol. The molecule has 0 amide bonds. The Hall–Kier alpha value is -3.26. The van der Waals surface area contributed by atoms with Crippen molar-refractivity contribution in [3.8, 4) is 17.3 Å². The zero-order chi connectivity index (χ0) is 17.6. The monoisotopic (exact) mass is 329 g/mol. The highest BCUT2D eigenvalue weighted by atomic mass is 15.0. The first-order valence-electron chi connectivity index (χ1n) is 8.17. The number of anilines is 1. The van der Waals surface area contributed by atoms with Gasteiger partial charge in [0.15, 0.2) is 0 Å². The second-order valence-electron chi connectivity index (χ2n) is 5.80. The minimum absolute atomic E-state index is 0.643. The fourth-order valence-corrected chi connectivity index (χ4v) is 2.68. The van der Waals surface area contributed by atoms with Gasteiger partial charge in [-0.3, -0.25) is 0 Å². The molecule has 0 aliphatic heterocycles. The van der Waals surface area contributed by atoms with Crippen molar-refractivity contribution in [3.63, 3.8) is 0 Å². The first-order valence-corrected chi connectivity index (χ1v) is 8.17. The largest absolute Gasteiger partial charge is 0.370 e. The molecule has 2 heterocycles. The van der Waals surface area contributed by atoms with Crippen LogP contribution in [0.15, 0.2) is 48.7 Å². The molecule has 3 aromatic rings. The number of hydrogen-bond donors (Lipinski definition) is 1. The highest BCUT2D eigenvalue weighted by Crippen LogP contribution is 2.17. The number of aryl methyl sites for hydroxylation is 2. The van der Waals surface area contributed by atoms with Crippen molar-refractivity contribution < 1.29 is 0 Å². The summed E-state index contributed by atoms with van der Waals surface area (Å²) < 4.78 is 0. The van der Waals surface area contributed by atoms with E-state index in [1.807, 2.05) is 56.3 Å². The molecule has 5 nitrogen and oxygen atoms in total. The van der Waals surface area contributed by atoms with Crippen LogP contribution in [0, 0.1) is 25.2 Å².